The monoisotopic (exact) mass is 202 g/mol. The molecule has 0 aromatic carbocycles. The van der Waals surface area contributed by atoms with E-state index in [1.54, 1.807) is 0 Å². The molecule has 0 saturated heterocycles. The Morgan fingerprint density at radius 2 is 1.93 bits per heavy atom. The lowest BCUT2D eigenvalue weighted by atomic mass is 10.3. The molecule has 0 amide bonds. The maximum Gasteiger partial charge on any atom is 0.0662 e. The van der Waals surface area contributed by atoms with E-state index in [1.165, 1.54) is 13.0 Å². The molecule has 0 heterocycles. The number of rotatable bonds is 9. The van der Waals surface area contributed by atoms with E-state index in [1.807, 2.05) is 6.92 Å². The van der Waals surface area contributed by atoms with Gasteiger partial charge in [-0.3, -0.25) is 0 Å². The van der Waals surface area contributed by atoms with Crippen LogP contribution in [0.1, 0.15) is 33.6 Å². The fourth-order valence-corrected chi connectivity index (χ4v) is 1.39. The average Bonchev–Trinajstić information content (AvgIpc) is 2.22. The van der Waals surface area contributed by atoms with Crippen LogP contribution in [-0.2, 0) is 0 Å². The molecule has 0 fully saturated rings. The van der Waals surface area contributed by atoms with Crippen LogP contribution in [0.5, 0.6) is 0 Å². The largest absolute Gasteiger partial charge is 0.392 e. The number of aliphatic hydroxyl groups excluding tert-OH is 1. The molecule has 0 aliphatic carbocycles. The number of likely N-dealkylation sites (N-methyl/N-ethyl adjacent to an activating group) is 1. The van der Waals surface area contributed by atoms with Gasteiger partial charge in [0, 0.05) is 19.6 Å². The third-order valence-electron chi connectivity index (χ3n) is 2.44. The predicted octanol–water partition coefficient (Wildman–Crippen LogP) is 1.08. The molecule has 0 radical (unpaired) electrons. The zero-order valence-electron chi connectivity index (χ0n) is 9.92. The first-order valence-corrected chi connectivity index (χ1v) is 5.85. The van der Waals surface area contributed by atoms with Gasteiger partial charge in [0.1, 0.15) is 0 Å². The van der Waals surface area contributed by atoms with Crippen LogP contribution in [0.4, 0.5) is 0 Å². The van der Waals surface area contributed by atoms with Crippen LogP contribution < -0.4 is 5.32 Å². The van der Waals surface area contributed by atoms with Crippen LogP contribution in [0.25, 0.3) is 0 Å². The smallest absolute Gasteiger partial charge is 0.0662 e. The fourth-order valence-electron chi connectivity index (χ4n) is 1.39. The van der Waals surface area contributed by atoms with Gasteiger partial charge in [0.05, 0.1) is 6.10 Å². The first-order chi connectivity index (χ1) is 6.74. The standard InChI is InChI=1S/C11H26N2O/c1-4-8-13(6-3)9-7-12-10-11(14)5-2/h11-12,14H,4-10H2,1-3H3. The molecule has 0 spiro atoms. The van der Waals surface area contributed by atoms with E-state index < -0.39 is 0 Å². The molecule has 0 rings (SSSR count). The summed E-state index contributed by atoms with van der Waals surface area (Å²) in [5, 5.41) is 12.6. The summed E-state index contributed by atoms with van der Waals surface area (Å²) in [5.41, 5.74) is 0. The van der Waals surface area contributed by atoms with E-state index in [0.29, 0.717) is 0 Å². The van der Waals surface area contributed by atoms with Crippen LogP contribution in [0, 0.1) is 0 Å². The van der Waals surface area contributed by atoms with Gasteiger partial charge in [0.25, 0.3) is 0 Å². The SMILES string of the molecule is CCCN(CC)CCNCC(O)CC. The van der Waals surface area contributed by atoms with Gasteiger partial charge >= 0.3 is 0 Å². The highest BCUT2D eigenvalue weighted by atomic mass is 16.3. The highest BCUT2D eigenvalue weighted by Crippen LogP contribution is 1.90. The van der Waals surface area contributed by atoms with E-state index in [9.17, 15) is 5.11 Å². The highest BCUT2D eigenvalue weighted by molar-refractivity contribution is 4.60. The molecule has 0 aromatic rings. The van der Waals surface area contributed by atoms with Gasteiger partial charge in [-0.25, -0.2) is 0 Å². The van der Waals surface area contributed by atoms with E-state index in [0.717, 1.165) is 32.6 Å². The van der Waals surface area contributed by atoms with E-state index >= 15 is 0 Å². The summed E-state index contributed by atoms with van der Waals surface area (Å²) in [4.78, 5) is 2.42. The Bertz CT molecular complexity index is 120. The Balaban J connectivity index is 3.32. The van der Waals surface area contributed by atoms with Gasteiger partial charge in [-0.05, 0) is 25.9 Å². The van der Waals surface area contributed by atoms with Crippen molar-refractivity contribution in [2.75, 3.05) is 32.7 Å². The van der Waals surface area contributed by atoms with Gasteiger partial charge < -0.3 is 15.3 Å². The zero-order chi connectivity index (χ0) is 10.8. The summed E-state index contributed by atoms with van der Waals surface area (Å²) in [6.07, 6.45) is 1.86. The normalized spacial score (nSPS) is 13.5. The Morgan fingerprint density at radius 3 is 2.43 bits per heavy atom. The lowest BCUT2D eigenvalue weighted by Crippen LogP contribution is -2.35. The molecule has 0 aromatic heterocycles. The minimum absolute atomic E-state index is 0.184. The Kier molecular flexibility index (Phi) is 9.35. The van der Waals surface area contributed by atoms with E-state index in [4.69, 9.17) is 0 Å². The molecule has 3 heteroatoms. The van der Waals surface area contributed by atoms with Crippen molar-refractivity contribution in [2.24, 2.45) is 0 Å². The summed E-state index contributed by atoms with van der Waals surface area (Å²) in [6, 6.07) is 0. The van der Waals surface area contributed by atoms with Gasteiger partial charge in [0.2, 0.25) is 0 Å². The Labute approximate surface area is 88.5 Å². The molecule has 2 N–H and O–H groups in total. The topological polar surface area (TPSA) is 35.5 Å². The number of nitrogens with zero attached hydrogens (tertiary/aromatic N) is 1. The molecule has 0 saturated carbocycles. The van der Waals surface area contributed by atoms with Gasteiger partial charge in [-0.1, -0.05) is 20.8 Å². The van der Waals surface area contributed by atoms with Crippen molar-refractivity contribution >= 4 is 0 Å². The number of aliphatic hydroxyl groups is 1. The summed E-state index contributed by atoms with van der Waals surface area (Å²) < 4.78 is 0. The number of hydrogen-bond acceptors (Lipinski definition) is 3. The fraction of sp³-hybridized carbons (Fsp3) is 1.00. The lowest BCUT2D eigenvalue weighted by Gasteiger charge is -2.20. The average molecular weight is 202 g/mol. The molecule has 0 aliphatic rings. The van der Waals surface area contributed by atoms with Crippen LogP contribution in [0.15, 0.2) is 0 Å². The third-order valence-corrected chi connectivity index (χ3v) is 2.44. The molecule has 0 bridgehead atoms. The van der Waals surface area contributed by atoms with Crippen LogP contribution in [0.3, 0.4) is 0 Å². The molecular weight excluding hydrogens is 176 g/mol. The molecule has 3 nitrogen and oxygen atoms in total. The first kappa shape index (κ1) is 13.9. The quantitative estimate of drug-likeness (QED) is 0.549. The highest BCUT2D eigenvalue weighted by Gasteiger charge is 2.01. The molecule has 14 heavy (non-hydrogen) atoms. The Hall–Kier alpha value is -0.120. The van der Waals surface area contributed by atoms with Crippen LogP contribution >= 0.6 is 0 Å². The van der Waals surface area contributed by atoms with Crippen molar-refractivity contribution in [1.82, 2.24) is 10.2 Å². The summed E-state index contributed by atoms with van der Waals surface area (Å²) in [7, 11) is 0. The molecule has 0 aliphatic heterocycles. The summed E-state index contributed by atoms with van der Waals surface area (Å²) >= 11 is 0. The van der Waals surface area contributed by atoms with Gasteiger partial charge in [0.15, 0.2) is 0 Å². The number of nitrogens with one attached hydrogen (secondary N) is 1. The number of hydrogen-bond donors (Lipinski definition) is 2. The molecule has 86 valence electrons. The maximum atomic E-state index is 9.31. The van der Waals surface area contributed by atoms with Crippen molar-refractivity contribution in [3.63, 3.8) is 0 Å². The van der Waals surface area contributed by atoms with E-state index in [2.05, 4.69) is 24.1 Å². The van der Waals surface area contributed by atoms with Crippen molar-refractivity contribution in [3.05, 3.63) is 0 Å². The zero-order valence-corrected chi connectivity index (χ0v) is 9.92. The second-order valence-corrected chi connectivity index (χ2v) is 3.70. The van der Waals surface area contributed by atoms with Crippen LogP contribution in [-0.4, -0.2) is 48.8 Å². The second-order valence-electron chi connectivity index (χ2n) is 3.70. The second kappa shape index (κ2) is 9.44. The Morgan fingerprint density at radius 1 is 1.21 bits per heavy atom. The minimum atomic E-state index is -0.184. The van der Waals surface area contributed by atoms with Crippen molar-refractivity contribution in [3.8, 4) is 0 Å². The lowest BCUT2D eigenvalue weighted by molar-refractivity contribution is 0.165. The molecule has 1 atom stereocenters. The van der Waals surface area contributed by atoms with Crippen molar-refractivity contribution < 1.29 is 5.11 Å². The van der Waals surface area contributed by atoms with Crippen molar-refractivity contribution in [1.29, 1.82) is 0 Å². The predicted molar refractivity (Wildman–Crippen MR) is 61.6 cm³/mol. The van der Waals surface area contributed by atoms with Gasteiger partial charge in [-0.2, -0.15) is 0 Å². The molecular formula is C11H26N2O. The van der Waals surface area contributed by atoms with E-state index in [-0.39, 0.29) is 6.10 Å². The molecule has 1 unspecified atom stereocenters. The summed E-state index contributed by atoms with van der Waals surface area (Å²) in [5.74, 6) is 0. The van der Waals surface area contributed by atoms with Crippen molar-refractivity contribution in [2.45, 2.75) is 39.7 Å². The third kappa shape index (κ3) is 7.30. The van der Waals surface area contributed by atoms with Gasteiger partial charge in [-0.15, -0.1) is 0 Å². The summed E-state index contributed by atoms with van der Waals surface area (Å²) in [6.45, 7) is 11.5. The minimum Gasteiger partial charge on any atom is -0.392 e. The maximum absolute atomic E-state index is 9.31. The van der Waals surface area contributed by atoms with Crippen LogP contribution in [0.2, 0.25) is 0 Å². The first-order valence-electron chi connectivity index (χ1n) is 5.85.